The van der Waals surface area contributed by atoms with E-state index < -0.39 is 22.0 Å². The van der Waals surface area contributed by atoms with Crippen LogP contribution in [0.4, 0.5) is 0 Å². The maximum absolute atomic E-state index is 13.2. The number of benzene rings is 2. The monoisotopic (exact) mass is 441 g/mol. The lowest BCUT2D eigenvalue weighted by Crippen LogP contribution is -2.51. The number of sulfonamides is 1. The second-order valence-corrected chi connectivity index (χ2v) is 10.4. The molecule has 2 heterocycles. The SMILES string of the molecule is CC1CCN(S(=O)(=O)c2ccc(C(=O)N3Cc4ccccc4C[C@@H]3C(N)=O)cc2)CC1. The Morgan fingerprint density at radius 3 is 2.19 bits per heavy atom. The van der Waals surface area contributed by atoms with Crippen LogP contribution in [0.25, 0.3) is 0 Å². The molecule has 2 amide bonds. The van der Waals surface area contributed by atoms with E-state index >= 15 is 0 Å². The molecule has 8 heteroatoms. The predicted octanol–water partition coefficient (Wildman–Crippen LogP) is 2.16. The van der Waals surface area contributed by atoms with Crippen molar-refractivity contribution >= 4 is 21.8 Å². The summed E-state index contributed by atoms with van der Waals surface area (Å²) in [5.41, 5.74) is 7.90. The van der Waals surface area contributed by atoms with E-state index in [4.69, 9.17) is 5.73 Å². The van der Waals surface area contributed by atoms with Crippen molar-refractivity contribution in [2.45, 2.75) is 43.7 Å². The van der Waals surface area contributed by atoms with E-state index in [9.17, 15) is 18.0 Å². The molecule has 1 fully saturated rings. The Morgan fingerprint density at radius 1 is 0.968 bits per heavy atom. The van der Waals surface area contributed by atoms with Gasteiger partial charge in [0.15, 0.2) is 0 Å². The highest BCUT2D eigenvalue weighted by Gasteiger charge is 2.34. The van der Waals surface area contributed by atoms with Gasteiger partial charge < -0.3 is 10.6 Å². The lowest BCUT2D eigenvalue weighted by Gasteiger charge is -2.35. The minimum Gasteiger partial charge on any atom is -0.368 e. The molecule has 1 atom stereocenters. The highest BCUT2D eigenvalue weighted by molar-refractivity contribution is 7.89. The van der Waals surface area contributed by atoms with Crippen molar-refractivity contribution in [3.63, 3.8) is 0 Å². The Kier molecular flexibility index (Phi) is 5.85. The first-order valence-corrected chi connectivity index (χ1v) is 12.0. The van der Waals surface area contributed by atoms with Crippen molar-refractivity contribution in [1.82, 2.24) is 9.21 Å². The third-order valence-corrected chi connectivity index (χ3v) is 8.23. The lowest BCUT2D eigenvalue weighted by atomic mass is 9.93. The fourth-order valence-electron chi connectivity index (χ4n) is 4.30. The molecule has 2 aromatic rings. The van der Waals surface area contributed by atoms with Crippen molar-refractivity contribution in [3.05, 3.63) is 65.2 Å². The molecule has 0 bridgehead atoms. The number of carbonyl (C=O) groups is 2. The summed E-state index contributed by atoms with van der Waals surface area (Å²) in [6.45, 7) is 3.44. The first-order chi connectivity index (χ1) is 14.8. The van der Waals surface area contributed by atoms with Crippen LogP contribution >= 0.6 is 0 Å². The van der Waals surface area contributed by atoms with Gasteiger partial charge >= 0.3 is 0 Å². The number of fused-ring (bicyclic) bond motifs is 1. The number of primary amides is 1. The molecule has 1 saturated heterocycles. The Bertz CT molecular complexity index is 1090. The van der Waals surface area contributed by atoms with Gasteiger partial charge in [-0.25, -0.2) is 8.42 Å². The van der Waals surface area contributed by atoms with Crippen LogP contribution in [0.2, 0.25) is 0 Å². The molecular formula is C23H27N3O4S. The van der Waals surface area contributed by atoms with Crippen LogP contribution in [0.1, 0.15) is 41.3 Å². The molecule has 0 radical (unpaired) electrons. The van der Waals surface area contributed by atoms with Crippen molar-refractivity contribution in [1.29, 1.82) is 0 Å². The Hall–Kier alpha value is -2.71. The van der Waals surface area contributed by atoms with Crippen molar-refractivity contribution < 1.29 is 18.0 Å². The van der Waals surface area contributed by atoms with Gasteiger partial charge in [-0.15, -0.1) is 0 Å². The van der Waals surface area contributed by atoms with Crippen LogP contribution < -0.4 is 5.73 Å². The summed E-state index contributed by atoms with van der Waals surface area (Å²) >= 11 is 0. The highest BCUT2D eigenvalue weighted by Crippen LogP contribution is 2.27. The molecule has 4 rings (SSSR count). The maximum Gasteiger partial charge on any atom is 0.254 e. The average Bonchev–Trinajstić information content (AvgIpc) is 2.78. The van der Waals surface area contributed by atoms with Crippen LogP contribution in [0.15, 0.2) is 53.4 Å². The predicted molar refractivity (Wildman–Crippen MR) is 117 cm³/mol. The Morgan fingerprint density at radius 2 is 1.58 bits per heavy atom. The average molecular weight is 442 g/mol. The molecule has 7 nitrogen and oxygen atoms in total. The molecular weight excluding hydrogens is 414 g/mol. The number of piperidine rings is 1. The number of hydrogen-bond donors (Lipinski definition) is 1. The van der Waals surface area contributed by atoms with Gasteiger partial charge in [-0.3, -0.25) is 9.59 Å². The van der Waals surface area contributed by atoms with E-state index in [0.717, 1.165) is 24.0 Å². The van der Waals surface area contributed by atoms with E-state index in [-0.39, 0.29) is 17.3 Å². The lowest BCUT2D eigenvalue weighted by molar-refractivity contribution is -0.122. The van der Waals surface area contributed by atoms with Gasteiger partial charge in [0.1, 0.15) is 6.04 Å². The van der Waals surface area contributed by atoms with Gasteiger partial charge in [-0.2, -0.15) is 4.31 Å². The largest absolute Gasteiger partial charge is 0.368 e. The van der Waals surface area contributed by atoms with Gasteiger partial charge in [-0.1, -0.05) is 31.2 Å². The molecule has 0 aliphatic carbocycles. The summed E-state index contributed by atoms with van der Waals surface area (Å²) in [5, 5.41) is 0. The van der Waals surface area contributed by atoms with E-state index in [2.05, 4.69) is 6.92 Å². The normalized spacial score (nSPS) is 20.3. The van der Waals surface area contributed by atoms with Crippen LogP contribution in [-0.4, -0.2) is 48.6 Å². The van der Waals surface area contributed by atoms with Gasteiger partial charge in [0, 0.05) is 31.6 Å². The van der Waals surface area contributed by atoms with Gasteiger partial charge in [0.2, 0.25) is 15.9 Å². The van der Waals surface area contributed by atoms with Crippen LogP contribution in [0.3, 0.4) is 0 Å². The number of nitrogens with zero attached hydrogens (tertiary/aromatic N) is 2. The van der Waals surface area contributed by atoms with E-state index in [1.54, 1.807) is 0 Å². The van der Waals surface area contributed by atoms with Gasteiger partial charge in [0.05, 0.1) is 4.90 Å². The number of rotatable bonds is 4. The molecule has 2 aliphatic rings. The fraction of sp³-hybridized carbons (Fsp3) is 0.391. The highest BCUT2D eigenvalue weighted by atomic mass is 32.2. The fourth-order valence-corrected chi connectivity index (χ4v) is 5.77. The zero-order valence-electron chi connectivity index (χ0n) is 17.5. The maximum atomic E-state index is 13.2. The summed E-state index contributed by atoms with van der Waals surface area (Å²) in [7, 11) is -3.58. The molecule has 2 aromatic carbocycles. The zero-order chi connectivity index (χ0) is 22.2. The molecule has 0 spiro atoms. The Balaban J connectivity index is 1.56. The van der Waals surface area contributed by atoms with Crippen molar-refractivity contribution in [3.8, 4) is 0 Å². The molecule has 31 heavy (non-hydrogen) atoms. The van der Waals surface area contributed by atoms with Crippen LogP contribution in [-0.2, 0) is 27.8 Å². The van der Waals surface area contributed by atoms with E-state index in [1.165, 1.54) is 33.5 Å². The van der Waals surface area contributed by atoms with Crippen molar-refractivity contribution in [2.24, 2.45) is 11.7 Å². The number of hydrogen-bond acceptors (Lipinski definition) is 4. The summed E-state index contributed by atoms with van der Waals surface area (Å²) in [6.07, 6.45) is 2.07. The summed E-state index contributed by atoms with van der Waals surface area (Å²) in [5.74, 6) is -0.366. The third-order valence-electron chi connectivity index (χ3n) is 6.32. The van der Waals surface area contributed by atoms with Gasteiger partial charge in [-0.05, 0) is 54.2 Å². The third kappa shape index (κ3) is 4.22. The summed E-state index contributed by atoms with van der Waals surface area (Å²) in [4.78, 5) is 26.9. The second kappa shape index (κ2) is 8.43. The minimum absolute atomic E-state index is 0.175. The smallest absolute Gasteiger partial charge is 0.254 e. The quantitative estimate of drug-likeness (QED) is 0.786. The van der Waals surface area contributed by atoms with E-state index in [0.29, 0.717) is 31.0 Å². The first kappa shape index (κ1) is 21.5. The molecule has 164 valence electrons. The van der Waals surface area contributed by atoms with Crippen LogP contribution in [0.5, 0.6) is 0 Å². The molecule has 0 unspecified atom stereocenters. The Labute approximate surface area is 182 Å². The van der Waals surface area contributed by atoms with Gasteiger partial charge in [0.25, 0.3) is 5.91 Å². The number of amides is 2. The minimum atomic E-state index is -3.58. The standard InChI is InChI=1S/C23H27N3O4S/c1-16-10-12-25(13-11-16)31(29,30)20-8-6-17(7-9-20)23(28)26-15-19-5-3-2-4-18(19)14-21(26)22(24)27/h2-9,16,21H,10-15H2,1H3,(H2,24,27)/t21-/m1/s1. The summed E-state index contributed by atoms with van der Waals surface area (Å²) in [6, 6.07) is 12.9. The summed E-state index contributed by atoms with van der Waals surface area (Å²) < 4.78 is 27.4. The topological polar surface area (TPSA) is 101 Å². The molecule has 2 N–H and O–H groups in total. The van der Waals surface area contributed by atoms with Crippen molar-refractivity contribution in [2.75, 3.05) is 13.1 Å². The molecule has 0 saturated carbocycles. The zero-order valence-corrected chi connectivity index (χ0v) is 18.3. The van der Waals surface area contributed by atoms with Crippen LogP contribution in [0, 0.1) is 5.92 Å². The second-order valence-electron chi connectivity index (χ2n) is 8.44. The molecule has 2 aliphatic heterocycles. The number of carbonyl (C=O) groups excluding carboxylic acids is 2. The molecule has 0 aromatic heterocycles. The first-order valence-electron chi connectivity index (χ1n) is 10.5. The number of nitrogens with two attached hydrogens (primary N) is 1. The van der Waals surface area contributed by atoms with E-state index in [1.807, 2.05) is 24.3 Å².